The van der Waals surface area contributed by atoms with Gasteiger partial charge in [-0.3, -0.25) is 4.79 Å². The molecule has 3 rings (SSSR count). The van der Waals surface area contributed by atoms with Crippen molar-refractivity contribution in [2.75, 3.05) is 18.4 Å². The van der Waals surface area contributed by atoms with Crippen LogP contribution >= 0.6 is 0 Å². The lowest BCUT2D eigenvalue weighted by Crippen LogP contribution is -2.45. The number of rotatable bonds is 4. The summed E-state index contributed by atoms with van der Waals surface area (Å²) < 4.78 is 0. The summed E-state index contributed by atoms with van der Waals surface area (Å²) in [5.74, 6) is 0.105. The van der Waals surface area contributed by atoms with Gasteiger partial charge < -0.3 is 16.0 Å². The zero-order valence-electron chi connectivity index (χ0n) is 13.2. The summed E-state index contributed by atoms with van der Waals surface area (Å²) in [6.45, 7) is 2.07. The Kier molecular flexibility index (Phi) is 4.93. The van der Waals surface area contributed by atoms with Gasteiger partial charge in [-0.25, -0.2) is 0 Å². The molecule has 1 aliphatic heterocycles. The van der Waals surface area contributed by atoms with E-state index in [-0.39, 0.29) is 5.91 Å². The van der Waals surface area contributed by atoms with E-state index in [9.17, 15) is 4.79 Å². The molecule has 1 atom stereocenters. The number of piperidine rings is 1. The van der Waals surface area contributed by atoms with Crippen molar-refractivity contribution >= 4 is 11.6 Å². The number of carbonyl (C=O) groups is 1. The molecule has 0 radical (unpaired) electrons. The van der Waals surface area contributed by atoms with Gasteiger partial charge >= 0.3 is 0 Å². The van der Waals surface area contributed by atoms with Gasteiger partial charge in [0.25, 0.3) is 5.91 Å². The van der Waals surface area contributed by atoms with Gasteiger partial charge in [-0.2, -0.15) is 0 Å². The molecule has 4 heteroatoms. The number of nitrogens with two attached hydrogens (primary N) is 1. The van der Waals surface area contributed by atoms with E-state index >= 15 is 0 Å². The summed E-state index contributed by atoms with van der Waals surface area (Å²) in [6, 6.07) is 18.1. The van der Waals surface area contributed by atoms with Crippen molar-refractivity contribution in [3.05, 3.63) is 65.7 Å². The number of nitrogens with zero attached hydrogens (tertiary/aromatic N) is 1. The minimum absolute atomic E-state index is 0.105. The van der Waals surface area contributed by atoms with E-state index in [0.717, 1.165) is 42.7 Å². The summed E-state index contributed by atoms with van der Waals surface area (Å²) in [4.78, 5) is 14.6. The van der Waals surface area contributed by atoms with Gasteiger partial charge in [-0.05, 0) is 42.7 Å². The fourth-order valence-corrected chi connectivity index (χ4v) is 3.02. The number of anilines is 1. The second-order valence-corrected chi connectivity index (χ2v) is 6.00. The molecule has 1 unspecified atom stereocenters. The van der Waals surface area contributed by atoms with Crippen molar-refractivity contribution in [1.82, 2.24) is 4.90 Å². The van der Waals surface area contributed by atoms with Crippen LogP contribution in [0.5, 0.6) is 0 Å². The molecule has 1 amide bonds. The second-order valence-electron chi connectivity index (χ2n) is 6.00. The number of nitrogens with one attached hydrogen (secondary N) is 1. The van der Waals surface area contributed by atoms with Crippen molar-refractivity contribution < 1.29 is 4.79 Å². The van der Waals surface area contributed by atoms with E-state index in [2.05, 4.69) is 17.4 Å². The molecule has 2 aromatic carbocycles. The zero-order valence-corrected chi connectivity index (χ0v) is 13.2. The first-order valence-electron chi connectivity index (χ1n) is 8.16. The van der Waals surface area contributed by atoms with Gasteiger partial charge in [0.1, 0.15) is 0 Å². The molecule has 1 saturated heterocycles. The Morgan fingerprint density at radius 3 is 2.57 bits per heavy atom. The molecule has 0 bridgehead atoms. The molecule has 1 fully saturated rings. The predicted molar refractivity (Wildman–Crippen MR) is 93.3 cm³/mol. The highest BCUT2D eigenvalue weighted by atomic mass is 16.2. The Hall–Kier alpha value is -2.33. The van der Waals surface area contributed by atoms with E-state index in [1.54, 1.807) is 0 Å². The van der Waals surface area contributed by atoms with Crippen molar-refractivity contribution in [3.63, 3.8) is 0 Å². The number of benzene rings is 2. The van der Waals surface area contributed by atoms with Crippen LogP contribution in [0.1, 0.15) is 28.8 Å². The molecular formula is C19H23N3O. The zero-order chi connectivity index (χ0) is 16.1. The Morgan fingerprint density at radius 2 is 1.87 bits per heavy atom. The largest absolute Gasteiger partial charge is 0.381 e. The van der Waals surface area contributed by atoms with Crippen LogP contribution in [0.3, 0.4) is 0 Å². The van der Waals surface area contributed by atoms with E-state index in [1.165, 1.54) is 0 Å². The number of amides is 1. The first-order valence-corrected chi connectivity index (χ1v) is 8.16. The third-order valence-corrected chi connectivity index (χ3v) is 4.29. The fraction of sp³-hybridized carbons (Fsp3) is 0.316. The molecule has 1 aliphatic rings. The number of para-hydroxylation sites is 1. The van der Waals surface area contributed by atoms with Gasteiger partial charge in [0.05, 0.1) is 0 Å². The molecule has 2 aromatic rings. The van der Waals surface area contributed by atoms with Gasteiger partial charge in [0, 0.05) is 36.9 Å². The minimum atomic E-state index is 0.105. The normalized spacial score (nSPS) is 17.8. The first kappa shape index (κ1) is 15.6. The van der Waals surface area contributed by atoms with E-state index in [0.29, 0.717) is 12.6 Å². The van der Waals surface area contributed by atoms with Crippen molar-refractivity contribution in [1.29, 1.82) is 0 Å². The maximum Gasteiger partial charge on any atom is 0.253 e. The molecule has 3 N–H and O–H groups in total. The maximum absolute atomic E-state index is 12.7. The van der Waals surface area contributed by atoms with Crippen LogP contribution in [-0.2, 0) is 6.54 Å². The number of hydrogen-bond donors (Lipinski definition) is 2. The topological polar surface area (TPSA) is 58.4 Å². The Labute approximate surface area is 137 Å². The summed E-state index contributed by atoms with van der Waals surface area (Å²) in [5.41, 5.74) is 8.50. The monoisotopic (exact) mass is 309 g/mol. The third-order valence-electron chi connectivity index (χ3n) is 4.29. The molecule has 1 heterocycles. The lowest BCUT2D eigenvalue weighted by atomic mass is 10.0. The summed E-state index contributed by atoms with van der Waals surface area (Å²) in [7, 11) is 0. The molecule has 0 saturated carbocycles. The molecule has 0 aliphatic carbocycles. The molecule has 0 spiro atoms. The highest BCUT2D eigenvalue weighted by Crippen LogP contribution is 2.18. The highest BCUT2D eigenvalue weighted by Gasteiger charge is 2.24. The quantitative estimate of drug-likeness (QED) is 0.913. The summed E-state index contributed by atoms with van der Waals surface area (Å²) >= 11 is 0. The standard InChI is InChI=1S/C19H23N3O/c20-13-15-8-10-16(11-9-15)19(23)22-12-4-7-18(14-22)21-17-5-2-1-3-6-17/h1-3,5-6,8-11,18,21H,4,7,12-14,20H2. The first-order chi connectivity index (χ1) is 11.3. The second kappa shape index (κ2) is 7.29. The number of hydrogen-bond acceptors (Lipinski definition) is 3. The van der Waals surface area contributed by atoms with Gasteiger partial charge in [0.15, 0.2) is 0 Å². The fourth-order valence-electron chi connectivity index (χ4n) is 3.02. The molecule has 120 valence electrons. The Bertz CT molecular complexity index is 639. The lowest BCUT2D eigenvalue weighted by Gasteiger charge is -2.33. The molecular weight excluding hydrogens is 286 g/mol. The minimum Gasteiger partial charge on any atom is -0.381 e. The molecule has 4 nitrogen and oxygen atoms in total. The number of carbonyl (C=O) groups excluding carboxylic acids is 1. The van der Waals surface area contributed by atoms with Crippen LogP contribution in [0.15, 0.2) is 54.6 Å². The van der Waals surface area contributed by atoms with Gasteiger partial charge in [-0.15, -0.1) is 0 Å². The molecule has 23 heavy (non-hydrogen) atoms. The third kappa shape index (κ3) is 3.90. The average molecular weight is 309 g/mol. The number of likely N-dealkylation sites (tertiary alicyclic amines) is 1. The smallest absolute Gasteiger partial charge is 0.253 e. The summed E-state index contributed by atoms with van der Waals surface area (Å²) in [6.07, 6.45) is 2.11. The predicted octanol–water partition coefficient (Wildman–Crippen LogP) is 2.86. The van der Waals surface area contributed by atoms with E-state index < -0.39 is 0 Å². The van der Waals surface area contributed by atoms with Crippen molar-refractivity contribution in [3.8, 4) is 0 Å². The van der Waals surface area contributed by atoms with Crippen LogP contribution in [0.4, 0.5) is 5.69 Å². The lowest BCUT2D eigenvalue weighted by molar-refractivity contribution is 0.0715. The van der Waals surface area contributed by atoms with Crippen LogP contribution in [0.2, 0.25) is 0 Å². The van der Waals surface area contributed by atoms with Crippen LogP contribution in [0.25, 0.3) is 0 Å². The Morgan fingerprint density at radius 1 is 1.13 bits per heavy atom. The Balaban J connectivity index is 1.64. The van der Waals surface area contributed by atoms with Gasteiger partial charge in [-0.1, -0.05) is 30.3 Å². The van der Waals surface area contributed by atoms with Crippen molar-refractivity contribution in [2.45, 2.75) is 25.4 Å². The van der Waals surface area contributed by atoms with Crippen molar-refractivity contribution in [2.24, 2.45) is 5.73 Å². The van der Waals surface area contributed by atoms with E-state index in [4.69, 9.17) is 5.73 Å². The van der Waals surface area contributed by atoms with Crippen LogP contribution in [-0.4, -0.2) is 29.9 Å². The van der Waals surface area contributed by atoms with Crippen LogP contribution < -0.4 is 11.1 Å². The van der Waals surface area contributed by atoms with Crippen LogP contribution in [0, 0.1) is 0 Å². The van der Waals surface area contributed by atoms with E-state index in [1.807, 2.05) is 47.4 Å². The maximum atomic E-state index is 12.7. The average Bonchev–Trinajstić information content (AvgIpc) is 2.62. The van der Waals surface area contributed by atoms with Gasteiger partial charge in [0.2, 0.25) is 0 Å². The highest BCUT2D eigenvalue weighted by molar-refractivity contribution is 5.94. The summed E-state index contributed by atoms with van der Waals surface area (Å²) in [5, 5.41) is 3.52. The molecule has 0 aromatic heterocycles. The SMILES string of the molecule is NCc1ccc(C(=O)N2CCCC(Nc3ccccc3)C2)cc1.